The molecule has 2 atom stereocenters. The van der Waals surface area contributed by atoms with E-state index in [2.05, 4.69) is 29.2 Å². The molecule has 2 aromatic carbocycles. The number of aryl methyl sites for hydroxylation is 1. The first-order valence-electron chi connectivity index (χ1n) is 12.4. The quantitative estimate of drug-likeness (QED) is 0.506. The average molecular weight is 477 g/mol. The summed E-state index contributed by atoms with van der Waals surface area (Å²) in [6.45, 7) is 2.92. The summed E-state index contributed by atoms with van der Waals surface area (Å²) >= 11 is 0. The lowest BCUT2D eigenvalue weighted by molar-refractivity contribution is -0.138. The van der Waals surface area contributed by atoms with Gasteiger partial charge in [0.25, 0.3) is 0 Å². The number of H-pyrrole nitrogens is 1. The van der Waals surface area contributed by atoms with E-state index >= 15 is 0 Å². The smallest absolute Gasteiger partial charge is 0.237 e. The van der Waals surface area contributed by atoms with Crippen molar-refractivity contribution in [3.05, 3.63) is 71.2 Å². The lowest BCUT2D eigenvalue weighted by Gasteiger charge is -2.41. The average Bonchev–Trinajstić information content (AvgIpc) is 3.40. The minimum absolute atomic E-state index is 0.0187. The minimum Gasteiger partial charge on any atom is -0.368 e. The fraction of sp³-hybridized carbons (Fsp3) is 0.429. The lowest BCUT2D eigenvalue weighted by atomic mass is 9.73. The molecule has 7 heteroatoms. The van der Waals surface area contributed by atoms with Gasteiger partial charge in [-0.1, -0.05) is 24.3 Å². The number of carbonyl (C=O) groups excluding carboxylic acids is 2. The van der Waals surface area contributed by atoms with Crippen molar-refractivity contribution >= 4 is 22.7 Å². The molecular formula is C28H33FN4O2. The number of halogens is 1. The van der Waals surface area contributed by atoms with Crippen LogP contribution in [0.25, 0.3) is 10.9 Å². The normalized spacial score (nSPS) is 19.5. The van der Waals surface area contributed by atoms with Gasteiger partial charge in [0.05, 0.1) is 5.54 Å². The number of carbonyl (C=O) groups is 2. The number of piperidine rings is 1. The Labute approximate surface area is 204 Å². The molecule has 35 heavy (non-hydrogen) atoms. The molecule has 0 radical (unpaired) electrons. The van der Waals surface area contributed by atoms with Crippen LogP contribution in [0, 0.1) is 11.7 Å². The highest BCUT2D eigenvalue weighted by Crippen LogP contribution is 2.46. The third kappa shape index (κ3) is 4.33. The summed E-state index contributed by atoms with van der Waals surface area (Å²) in [6.07, 6.45) is 6.37. The number of primary amides is 1. The molecule has 2 amide bonds. The Morgan fingerprint density at radius 1 is 1.17 bits per heavy atom. The number of likely N-dealkylation sites (tertiary alicyclic amines) is 1. The van der Waals surface area contributed by atoms with E-state index < -0.39 is 17.4 Å². The maximum Gasteiger partial charge on any atom is 0.237 e. The third-order valence-electron chi connectivity index (χ3n) is 8.27. The summed E-state index contributed by atoms with van der Waals surface area (Å²) in [4.78, 5) is 30.9. The number of nitrogens with two attached hydrogens (primary N) is 2. The second-order valence-electron chi connectivity index (χ2n) is 10.7. The monoisotopic (exact) mass is 476 g/mol. The first-order chi connectivity index (χ1) is 16.7. The van der Waals surface area contributed by atoms with Crippen LogP contribution in [-0.4, -0.2) is 40.3 Å². The molecule has 1 aliphatic heterocycles. The first-order valence-corrected chi connectivity index (χ1v) is 12.4. The Morgan fingerprint density at radius 2 is 1.91 bits per heavy atom. The predicted molar refractivity (Wildman–Crippen MR) is 134 cm³/mol. The maximum absolute atomic E-state index is 13.9. The van der Waals surface area contributed by atoms with Gasteiger partial charge >= 0.3 is 0 Å². The number of aromatic amines is 1. The Hall–Kier alpha value is -3.19. The van der Waals surface area contributed by atoms with Gasteiger partial charge in [-0.2, -0.15) is 0 Å². The highest BCUT2D eigenvalue weighted by atomic mass is 19.1. The van der Waals surface area contributed by atoms with Gasteiger partial charge in [-0.05, 0) is 85.8 Å². The maximum atomic E-state index is 13.9. The van der Waals surface area contributed by atoms with E-state index in [0.717, 1.165) is 42.1 Å². The number of aromatic nitrogens is 1. The van der Waals surface area contributed by atoms with Gasteiger partial charge in [0.2, 0.25) is 11.8 Å². The topological polar surface area (TPSA) is 105 Å². The van der Waals surface area contributed by atoms with Gasteiger partial charge in [-0.3, -0.25) is 9.59 Å². The van der Waals surface area contributed by atoms with Crippen molar-refractivity contribution in [3.63, 3.8) is 0 Å². The van der Waals surface area contributed by atoms with Gasteiger partial charge in [0.15, 0.2) is 0 Å². The summed E-state index contributed by atoms with van der Waals surface area (Å²) in [7, 11) is 0. The molecule has 1 fully saturated rings. The Balaban J connectivity index is 1.37. The van der Waals surface area contributed by atoms with E-state index in [0.29, 0.717) is 19.5 Å². The molecule has 0 saturated carbocycles. The Bertz CT molecular complexity index is 1270. The Kier molecular flexibility index (Phi) is 5.91. The molecule has 5 rings (SSSR count). The van der Waals surface area contributed by atoms with Crippen LogP contribution >= 0.6 is 0 Å². The van der Waals surface area contributed by atoms with Gasteiger partial charge in [0.1, 0.15) is 5.82 Å². The predicted octanol–water partition coefficient (Wildman–Crippen LogP) is 3.57. The van der Waals surface area contributed by atoms with E-state index in [1.165, 1.54) is 23.3 Å². The summed E-state index contributed by atoms with van der Waals surface area (Å²) in [6, 6.07) is 13.2. The molecule has 1 aliphatic carbocycles. The summed E-state index contributed by atoms with van der Waals surface area (Å²) in [5.74, 6) is -1.53. The van der Waals surface area contributed by atoms with Crippen LogP contribution in [0.1, 0.15) is 49.3 Å². The molecule has 2 aliphatic rings. The first kappa shape index (κ1) is 23.5. The van der Waals surface area contributed by atoms with Crippen molar-refractivity contribution in [2.75, 3.05) is 13.1 Å². The number of fused-ring (bicyclic) bond motifs is 3. The standard InChI is InChI=1S/C28H33FN4O2/c1-27(31,26(30)35)16-19(14-20-17-32-24-7-6-21(29)15-22(20)24)25(34)33-12-10-28(11-13-33)9-8-18-4-2-3-5-23(18)28/h2-7,15,17,19,32H,8-14,16,31H2,1H3,(H2,30,35). The lowest BCUT2D eigenvalue weighted by Crippen LogP contribution is -2.53. The van der Waals surface area contributed by atoms with Crippen molar-refractivity contribution in [2.45, 2.75) is 56.4 Å². The molecule has 184 valence electrons. The molecule has 1 aromatic heterocycles. The highest BCUT2D eigenvalue weighted by molar-refractivity contribution is 5.87. The number of benzene rings is 2. The van der Waals surface area contributed by atoms with Crippen molar-refractivity contribution < 1.29 is 14.0 Å². The molecular weight excluding hydrogens is 443 g/mol. The SMILES string of the molecule is CC(N)(CC(Cc1c[nH]c2ccc(F)cc12)C(=O)N1CCC2(CCc3ccccc32)CC1)C(N)=O. The zero-order valence-electron chi connectivity index (χ0n) is 20.1. The van der Waals surface area contributed by atoms with Gasteiger partial charge in [0, 0.05) is 36.1 Å². The molecule has 3 aromatic rings. The van der Waals surface area contributed by atoms with E-state index in [-0.39, 0.29) is 23.6 Å². The molecule has 2 heterocycles. The number of amides is 2. The van der Waals surface area contributed by atoms with Crippen LogP contribution in [0.3, 0.4) is 0 Å². The fourth-order valence-electron chi connectivity index (χ4n) is 6.14. The second kappa shape index (κ2) is 8.79. The van der Waals surface area contributed by atoms with Gasteiger partial charge < -0.3 is 21.4 Å². The zero-order valence-corrected chi connectivity index (χ0v) is 20.1. The molecule has 6 nitrogen and oxygen atoms in total. The molecule has 0 bridgehead atoms. The summed E-state index contributed by atoms with van der Waals surface area (Å²) in [5, 5.41) is 0.737. The van der Waals surface area contributed by atoms with Crippen LogP contribution in [0.5, 0.6) is 0 Å². The van der Waals surface area contributed by atoms with Crippen molar-refractivity contribution in [1.29, 1.82) is 0 Å². The number of nitrogens with one attached hydrogen (secondary N) is 1. The number of hydrogen-bond donors (Lipinski definition) is 3. The van der Waals surface area contributed by atoms with Crippen molar-refractivity contribution in [1.82, 2.24) is 9.88 Å². The number of nitrogens with zero attached hydrogens (tertiary/aromatic N) is 1. The van der Waals surface area contributed by atoms with Crippen LogP contribution in [0.2, 0.25) is 0 Å². The Morgan fingerprint density at radius 3 is 2.66 bits per heavy atom. The third-order valence-corrected chi connectivity index (χ3v) is 8.27. The zero-order chi connectivity index (χ0) is 24.8. The van der Waals surface area contributed by atoms with E-state index in [9.17, 15) is 14.0 Å². The van der Waals surface area contributed by atoms with E-state index in [1.54, 1.807) is 13.0 Å². The van der Waals surface area contributed by atoms with Crippen LogP contribution < -0.4 is 11.5 Å². The molecule has 1 spiro atoms. The number of hydrogen-bond acceptors (Lipinski definition) is 3. The summed E-state index contributed by atoms with van der Waals surface area (Å²) < 4.78 is 13.9. The molecule has 1 saturated heterocycles. The fourth-order valence-corrected chi connectivity index (χ4v) is 6.14. The van der Waals surface area contributed by atoms with Crippen molar-refractivity contribution in [3.8, 4) is 0 Å². The van der Waals surface area contributed by atoms with Crippen LogP contribution in [0.4, 0.5) is 4.39 Å². The molecule has 5 N–H and O–H groups in total. The van der Waals surface area contributed by atoms with Gasteiger partial charge in [-0.25, -0.2) is 4.39 Å². The molecule has 2 unspecified atom stereocenters. The van der Waals surface area contributed by atoms with Gasteiger partial charge in [-0.15, -0.1) is 0 Å². The van der Waals surface area contributed by atoms with Crippen LogP contribution in [-0.2, 0) is 27.8 Å². The largest absolute Gasteiger partial charge is 0.368 e. The second-order valence-corrected chi connectivity index (χ2v) is 10.7. The van der Waals surface area contributed by atoms with Crippen molar-refractivity contribution in [2.24, 2.45) is 17.4 Å². The summed E-state index contributed by atoms with van der Waals surface area (Å²) in [5.41, 5.74) is 15.1. The van der Waals surface area contributed by atoms with Crippen LogP contribution in [0.15, 0.2) is 48.7 Å². The minimum atomic E-state index is -1.32. The highest BCUT2D eigenvalue weighted by Gasteiger charge is 2.43. The van der Waals surface area contributed by atoms with E-state index in [1.807, 2.05) is 11.1 Å². The number of rotatable bonds is 6. The van der Waals surface area contributed by atoms with E-state index in [4.69, 9.17) is 11.5 Å².